The number of rotatable bonds is 2. The summed E-state index contributed by atoms with van der Waals surface area (Å²) in [5.74, 6) is 0.525. The Kier molecular flexibility index (Phi) is 4.19. The maximum Gasteiger partial charge on any atom is 0.410 e. The number of hydrogen-bond donors (Lipinski definition) is 1. The average molecular weight is 228 g/mol. The number of carbonyl (C=O) groups excluding carboxylic acids is 1. The first-order chi connectivity index (χ1) is 7.39. The van der Waals surface area contributed by atoms with Gasteiger partial charge in [0.05, 0.1) is 6.04 Å². The number of likely N-dealkylation sites (tertiary alicyclic amines) is 1. The molecule has 0 aromatic rings. The van der Waals surface area contributed by atoms with Crippen molar-refractivity contribution in [3.8, 4) is 0 Å². The van der Waals surface area contributed by atoms with Gasteiger partial charge in [0, 0.05) is 13.1 Å². The molecule has 1 heterocycles. The standard InChI is InChI=1S/C12H24N2O2/c1-5-9-6-7-14(10(9)8-13)11(15)16-12(2,3)4/h9-10H,5-8,13H2,1-4H3/t9-,10+/m0/s1. The number of amides is 1. The molecule has 1 rings (SSSR count). The molecular formula is C12H24N2O2. The van der Waals surface area contributed by atoms with Crippen molar-refractivity contribution in [1.82, 2.24) is 4.90 Å². The van der Waals surface area contributed by atoms with Gasteiger partial charge in [0.25, 0.3) is 0 Å². The lowest BCUT2D eigenvalue weighted by molar-refractivity contribution is 0.0214. The van der Waals surface area contributed by atoms with E-state index in [9.17, 15) is 4.79 Å². The first-order valence-corrected chi connectivity index (χ1v) is 6.08. The Hall–Kier alpha value is -0.770. The number of ether oxygens (including phenoxy) is 1. The molecule has 1 aliphatic rings. The average Bonchev–Trinajstić information content (AvgIpc) is 2.57. The van der Waals surface area contributed by atoms with E-state index in [1.807, 2.05) is 20.8 Å². The van der Waals surface area contributed by atoms with E-state index in [0.29, 0.717) is 12.5 Å². The minimum atomic E-state index is -0.430. The Morgan fingerprint density at radius 1 is 1.50 bits per heavy atom. The Morgan fingerprint density at radius 3 is 2.56 bits per heavy atom. The lowest BCUT2D eigenvalue weighted by atomic mass is 9.98. The fourth-order valence-electron chi connectivity index (χ4n) is 2.26. The van der Waals surface area contributed by atoms with Gasteiger partial charge in [0.1, 0.15) is 5.60 Å². The van der Waals surface area contributed by atoms with Gasteiger partial charge < -0.3 is 15.4 Å². The third kappa shape index (κ3) is 3.11. The maximum absolute atomic E-state index is 11.9. The van der Waals surface area contributed by atoms with Gasteiger partial charge in [-0.05, 0) is 33.1 Å². The van der Waals surface area contributed by atoms with Gasteiger partial charge in [-0.2, -0.15) is 0 Å². The fraction of sp³-hybridized carbons (Fsp3) is 0.917. The van der Waals surface area contributed by atoms with Crippen LogP contribution in [0.4, 0.5) is 4.79 Å². The van der Waals surface area contributed by atoms with Crippen molar-refractivity contribution in [3.63, 3.8) is 0 Å². The highest BCUT2D eigenvalue weighted by atomic mass is 16.6. The van der Waals surface area contributed by atoms with Crippen molar-refractivity contribution < 1.29 is 9.53 Å². The van der Waals surface area contributed by atoms with Crippen LogP contribution in [0.2, 0.25) is 0 Å². The van der Waals surface area contributed by atoms with Gasteiger partial charge in [-0.25, -0.2) is 4.79 Å². The third-order valence-electron chi connectivity index (χ3n) is 3.08. The monoisotopic (exact) mass is 228 g/mol. The summed E-state index contributed by atoms with van der Waals surface area (Å²) in [5, 5.41) is 0. The molecule has 0 spiro atoms. The highest BCUT2D eigenvalue weighted by Gasteiger charge is 2.37. The molecule has 16 heavy (non-hydrogen) atoms. The molecular weight excluding hydrogens is 204 g/mol. The second-order valence-corrected chi connectivity index (χ2v) is 5.43. The molecule has 0 unspecified atom stereocenters. The largest absolute Gasteiger partial charge is 0.444 e. The van der Waals surface area contributed by atoms with Crippen molar-refractivity contribution in [1.29, 1.82) is 0 Å². The maximum atomic E-state index is 11.9. The second kappa shape index (κ2) is 5.04. The summed E-state index contributed by atoms with van der Waals surface area (Å²) < 4.78 is 5.38. The van der Waals surface area contributed by atoms with E-state index in [1.54, 1.807) is 4.90 Å². The molecule has 0 radical (unpaired) electrons. The van der Waals surface area contributed by atoms with Gasteiger partial charge in [-0.1, -0.05) is 13.3 Å². The summed E-state index contributed by atoms with van der Waals surface area (Å²) in [6.45, 7) is 9.10. The summed E-state index contributed by atoms with van der Waals surface area (Å²) in [7, 11) is 0. The lowest BCUT2D eigenvalue weighted by Crippen LogP contribution is -2.44. The zero-order chi connectivity index (χ0) is 12.3. The van der Waals surface area contributed by atoms with Crippen LogP contribution in [0.25, 0.3) is 0 Å². The molecule has 2 atom stereocenters. The first kappa shape index (κ1) is 13.3. The Balaban J connectivity index is 2.63. The molecule has 0 saturated carbocycles. The van der Waals surface area contributed by atoms with Crippen molar-refractivity contribution in [2.45, 2.75) is 52.2 Å². The van der Waals surface area contributed by atoms with Crippen molar-refractivity contribution in [2.24, 2.45) is 11.7 Å². The quantitative estimate of drug-likeness (QED) is 0.786. The lowest BCUT2D eigenvalue weighted by Gasteiger charge is -2.29. The molecule has 1 fully saturated rings. The van der Waals surface area contributed by atoms with Crippen molar-refractivity contribution in [3.05, 3.63) is 0 Å². The van der Waals surface area contributed by atoms with E-state index < -0.39 is 5.60 Å². The molecule has 94 valence electrons. The van der Waals surface area contributed by atoms with Gasteiger partial charge >= 0.3 is 6.09 Å². The zero-order valence-electron chi connectivity index (χ0n) is 10.8. The molecule has 4 nitrogen and oxygen atoms in total. The molecule has 1 aliphatic heterocycles. The van der Waals surface area contributed by atoms with Crippen LogP contribution < -0.4 is 5.73 Å². The predicted molar refractivity (Wildman–Crippen MR) is 64.2 cm³/mol. The van der Waals surface area contributed by atoms with E-state index in [4.69, 9.17) is 10.5 Å². The fourth-order valence-corrected chi connectivity index (χ4v) is 2.26. The minimum Gasteiger partial charge on any atom is -0.444 e. The summed E-state index contributed by atoms with van der Waals surface area (Å²) in [6, 6.07) is 0.153. The van der Waals surface area contributed by atoms with E-state index in [2.05, 4.69) is 6.92 Å². The summed E-state index contributed by atoms with van der Waals surface area (Å²) >= 11 is 0. The van der Waals surface area contributed by atoms with Crippen LogP contribution in [0.3, 0.4) is 0 Å². The van der Waals surface area contributed by atoms with Gasteiger partial charge in [0.2, 0.25) is 0 Å². The van der Waals surface area contributed by atoms with Crippen LogP contribution >= 0.6 is 0 Å². The van der Waals surface area contributed by atoms with Crippen molar-refractivity contribution >= 4 is 6.09 Å². The molecule has 1 saturated heterocycles. The molecule has 0 aromatic heterocycles. The first-order valence-electron chi connectivity index (χ1n) is 6.08. The Bertz CT molecular complexity index is 248. The Morgan fingerprint density at radius 2 is 2.12 bits per heavy atom. The smallest absolute Gasteiger partial charge is 0.410 e. The predicted octanol–water partition coefficient (Wildman–Crippen LogP) is 1.98. The summed E-state index contributed by atoms with van der Waals surface area (Å²) in [5.41, 5.74) is 5.31. The summed E-state index contributed by atoms with van der Waals surface area (Å²) in [6.07, 6.45) is 1.89. The normalized spacial score (nSPS) is 25.9. The zero-order valence-corrected chi connectivity index (χ0v) is 10.8. The molecule has 4 heteroatoms. The highest BCUT2D eigenvalue weighted by Crippen LogP contribution is 2.27. The number of carbonyl (C=O) groups is 1. The third-order valence-corrected chi connectivity index (χ3v) is 3.08. The molecule has 2 N–H and O–H groups in total. The van der Waals surface area contributed by atoms with Crippen LogP contribution in [0.1, 0.15) is 40.5 Å². The SMILES string of the molecule is CC[C@H]1CCN(C(=O)OC(C)(C)C)[C@@H]1CN. The second-order valence-electron chi connectivity index (χ2n) is 5.43. The van der Waals surface area contributed by atoms with Crippen molar-refractivity contribution in [2.75, 3.05) is 13.1 Å². The topological polar surface area (TPSA) is 55.6 Å². The summed E-state index contributed by atoms with van der Waals surface area (Å²) in [4.78, 5) is 13.7. The minimum absolute atomic E-state index is 0.153. The van der Waals surface area contributed by atoms with Crippen LogP contribution in [0.15, 0.2) is 0 Å². The van der Waals surface area contributed by atoms with Gasteiger partial charge in [-0.15, -0.1) is 0 Å². The number of hydrogen-bond acceptors (Lipinski definition) is 3. The van der Waals surface area contributed by atoms with E-state index >= 15 is 0 Å². The number of nitrogens with zero attached hydrogens (tertiary/aromatic N) is 1. The molecule has 0 aliphatic carbocycles. The van der Waals surface area contributed by atoms with Gasteiger partial charge in [0.15, 0.2) is 0 Å². The van der Waals surface area contributed by atoms with E-state index in [0.717, 1.165) is 19.4 Å². The molecule has 0 aromatic carbocycles. The van der Waals surface area contributed by atoms with Crippen LogP contribution in [-0.2, 0) is 4.74 Å². The van der Waals surface area contributed by atoms with E-state index in [1.165, 1.54) is 0 Å². The highest BCUT2D eigenvalue weighted by molar-refractivity contribution is 5.69. The Labute approximate surface area is 98.1 Å². The van der Waals surface area contributed by atoms with Crippen LogP contribution in [0.5, 0.6) is 0 Å². The van der Waals surface area contributed by atoms with Crippen LogP contribution in [-0.4, -0.2) is 35.7 Å². The molecule has 0 bridgehead atoms. The van der Waals surface area contributed by atoms with Crippen LogP contribution in [0, 0.1) is 5.92 Å². The number of nitrogens with two attached hydrogens (primary N) is 1. The van der Waals surface area contributed by atoms with Gasteiger partial charge in [-0.3, -0.25) is 0 Å². The molecule has 1 amide bonds. The van der Waals surface area contributed by atoms with E-state index in [-0.39, 0.29) is 12.1 Å².